The van der Waals surface area contributed by atoms with Gasteiger partial charge in [-0.25, -0.2) is 19.3 Å². The van der Waals surface area contributed by atoms with Gasteiger partial charge in [-0.05, 0) is 51.6 Å². The summed E-state index contributed by atoms with van der Waals surface area (Å²) >= 11 is 0. The number of nitrogens with two attached hydrogens (primary N) is 2. The zero-order valence-corrected chi connectivity index (χ0v) is 21.5. The molecule has 3 aromatic rings. The lowest BCUT2D eigenvalue weighted by atomic mass is 10.1. The molecule has 1 aromatic carbocycles. The number of anilines is 1. The number of aromatic nitrogens is 4. The van der Waals surface area contributed by atoms with Crippen LogP contribution in [0.4, 0.5) is 10.2 Å². The molecule has 0 unspecified atom stereocenters. The Morgan fingerprint density at radius 1 is 1.08 bits per heavy atom. The number of fused-ring (bicyclic) bond motifs is 1. The van der Waals surface area contributed by atoms with Gasteiger partial charge in [0.15, 0.2) is 5.82 Å². The number of allylic oxidation sites excluding steroid dienone is 2. The second-order valence-corrected chi connectivity index (χ2v) is 9.44. The third-order valence-corrected chi connectivity index (χ3v) is 6.47. The molecule has 1 saturated heterocycles. The van der Waals surface area contributed by atoms with E-state index >= 15 is 0 Å². The monoisotopic (exact) mass is 493 g/mol. The molecule has 4 rings (SSSR count). The van der Waals surface area contributed by atoms with Gasteiger partial charge >= 0.3 is 0 Å². The second kappa shape index (κ2) is 11.0. The van der Waals surface area contributed by atoms with E-state index in [4.69, 9.17) is 11.5 Å². The Bertz CT molecular complexity index is 1270. The Kier molecular flexibility index (Phi) is 7.85. The van der Waals surface area contributed by atoms with Crippen molar-refractivity contribution in [2.75, 3.05) is 44.6 Å². The molecule has 0 aliphatic carbocycles. The van der Waals surface area contributed by atoms with Crippen LogP contribution in [0.25, 0.3) is 22.3 Å². The minimum atomic E-state index is -0.380. The molecule has 0 bridgehead atoms. The van der Waals surface area contributed by atoms with E-state index in [1.165, 1.54) is 12.4 Å². The Labute approximate surface area is 211 Å². The number of hydrogen-bond donors (Lipinski definition) is 3. The van der Waals surface area contributed by atoms with Gasteiger partial charge in [-0.3, -0.25) is 4.90 Å². The van der Waals surface area contributed by atoms with Crippen molar-refractivity contribution >= 4 is 16.9 Å². The highest BCUT2D eigenvalue weighted by molar-refractivity contribution is 5.83. The molecule has 2 aromatic heterocycles. The van der Waals surface area contributed by atoms with E-state index in [9.17, 15) is 4.39 Å². The Hall–Kier alpha value is -3.50. The standard InChI is InChI=1S/C26H36FN9/c1-5-34-8-10-35(11-9-34)15-20(28)6-7-24(29)33-25-14-22(30-16-31-25)19-12-21(27)26-23(13-19)36(17(2)3)18(4)32-26/h6-7,12-14,16-17H,5,8-11,15,28-29H2,1-4H3,(H,30,31,33)/b20-6-,24-7+. The highest BCUT2D eigenvalue weighted by Crippen LogP contribution is 2.29. The van der Waals surface area contributed by atoms with E-state index in [2.05, 4.69) is 37.0 Å². The average Bonchev–Trinajstić information content (AvgIpc) is 3.20. The molecular formula is C26H36FN9. The number of rotatable bonds is 8. The molecule has 0 saturated carbocycles. The normalized spacial score (nSPS) is 16.3. The molecule has 3 heterocycles. The van der Waals surface area contributed by atoms with Crippen molar-refractivity contribution in [1.29, 1.82) is 0 Å². The molecule has 0 amide bonds. The third kappa shape index (κ3) is 5.83. The number of nitrogens with zero attached hydrogens (tertiary/aromatic N) is 6. The van der Waals surface area contributed by atoms with Crippen molar-refractivity contribution in [2.45, 2.75) is 33.7 Å². The topological polar surface area (TPSA) is 114 Å². The number of likely N-dealkylation sites (N-methyl/N-ethyl adjacent to an activating group) is 1. The molecule has 0 radical (unpaired) electrons. The predicted molar refractivity (Wildman–Crippen MR) is 143 cm³/mol. The number of piperazine rings is 1. The summed E-state index contributed by atoms with van der Waals surface area (Å²) in [6.07, 6.45) is 4.97. The van der Waals surface area contributed by atoms with Crippen LogP contribution in [-0.4, -0.2) is 68.6 Å². The lowest BCUT2D eigenvalue weighted by Gasteiger charge is -2.33. The van der Waals surface area contributed by atoms with Crippen LogP contribution in [0.2, 0.25) is 0 Å². The first-order valence-corrected chi connectivity index (χ1v) is 12.4. The number of nitrogens with one attached hydrogen (secondary N) is 1. The molecule has 1 aliphatic heterocycles. The van der Waals surface area contributed by atoms with Gasteiger partial charge in [0.05, 0.1) is 11.2 Å². The van der Waals surface area contributed by atoms with Crippen LogP contribution in [0.5, 0.6) is 0 Å². The van der Waals surface area contributed by atoms with Gasteiger partial charge in [0.2, 0.25) is 0 Å². The molecule has 9 nitrogen and oxygen atoms in total. The Morgan fingerprint density at radius 2 is 1.81 bits per heavy atom. The number of hydrogen-bond acceptors (Lipinski definition) is 8. The van der Waals surface area contributed by atoms with Crippen molar-refractivity contribution in [2.24, 2.45) is 11.5 Å². The molecule has 1 aliphatic rings. The maximum atomic E-state index is 14.9. The molecule has 36 heavy (non-hydrogen) atoms. The molecular weight excluding hydrogens is 457 g/mol. The van der Waals surface area contributed by atoms with E-state index in [0.29, 0.717) is 35.0 Å². The lowest BCUT2D eigenvalue weighted by Crippen LogP contribution is -2.47. The van der Waals surface area contributed by atoms with Gasteiger partial charge in [-0.1, -0.05) is 6.92 Å². The van der Waals surface area contributed by atoms with Gasteiger partial charge in [0.1, 0.15) is 29.3 Å². The van der Waals surface area contributed by atoms with Crippen molar-refractivity contribution in [3.05, 3.63) is 59.8 Å². The first-order chi connectivity index (χ1) is 17.2. The summed E-state index contributed by atoms with van der Waals surface area (Å²) in [7, 11) is 0. The van der Waals surface area contributed by atoms with Gasteiger partial charge in [-0.2, -0.15) is 0 Å². The minimum Gasteiger partial charge on any atom is -0.401 e. The Balaban J connectivity index is 1.47. The zero-order chi connectivity index (χ0) is 25.8. The zero-order valence-electron chi connectivity index (χ0n) is 21.5. The lowest BCUT2D eigenvalue weighted by molar-refractivity contribution is 0.145. The van der Waals surface area contributed by atoms with E-state index in [-0.39, 0.29) is 11.9 Å². The maximum Gasteiger partial charge on any atom is 0.151 e. The van der Waals surface area contributed by atoms with E-state index in [1.54, 1.807) is 12.1 Å². The second-order valence-electron chi connectivity index (χ2n) is 9.44. The summed E-state index contributed by atoms with van der Waals surface area (Å²) in [6, 6.07) is 5.26. The van der Waals surface area contributed by atoms with Crippen molar-refractivity contribution in [3.63, 3.8) is 0 Å². The first-order valence-electron chi connectivity index (χ1n) is 12.4. The molecule has 0 atom stereocenters. The van der Waals surface area contributed by atoms with Crippen LogP contribution < -0.4 is 16.8 Å². The van der Waals surface area contributed by atoms with Crippen LogP contribution in [-0.2, 0) is 0 Å². The number of imidazole rings is 1. The fourth-order valence-electron chi connectivity index (χ4n) is 4.61. The SMILES string of the molecule is CCN1CCN(C/C(N)=C/C=C(\N)Nc2cc(-c3cc(F)c4nc(C)n(C(C)C)c4c3)ncn2)CC1. The quantitative estimate of drug-likeness (QED) is 0.410. The number of halogens is 1. The van der Waals surface area contributed by atoms with Gasteiger partial charge < -0.3 is 26.3 Å². The van der Waals surface area contributed by atoms with Gasteiger partial charge in [-0.15, -0.1) is 0 Å². The highest BCUT2D eigenvalue weighted by atomic mass is 19.1. The summed E-state index contributed by atoms with van der Waals surface area (Å²) < 4.78 is 16.9. The van der Waals surface area contributed by atoms with E-state index in [0.717, 1.165) is 49.8 Å². The van der Waals surface area contributed by atoms with Gasteiger partial charge in [0, 0.05) is 56.1 Å². The summed E-state index contributed by atoms with van der Waals surface area (Å²) in [6.45, 7) is 14.1. The van der Waals surface area contributed by atoms with Crippen molar-refractivity contribution < 1.29 is 4.39 Å². The van der Waals surface area contributed by atoms with Gasteiger partial charge in [0.25, 0.3) is 0 Å². The molecule has 5 N–H and O–H groups in total. The summed E-state index contributed by atoms with van der Waals surface area (Å²) in [5, 5.41) is 3.07. The van der Waals surface area contributed by atoms with Crippen molar-refractivity contribution in [1.82, 2.24) is 29.3 Å². The molecule has 1 fully saturated rings. The summed E-state index contributed by atoms with van der Waals surface area (Å²) in [5.41, 5.74) is 15.4. The third-order valence-electron chi connectivity index (χ3n) is 6.47. The first kappa shape index (κ1) is 25.6. The van der Waals surface area contributed by atoms with E-state index in [1.807, 2.05) is 37.5 Å². The molecule has 192 valence electrons. The maximum absolute atomic E-state index is 14.9. The van der Waals surface area contributed by atoms with E-state index < -0.39 is 0 Å². The largest absolute Gasteiger partial charge is 0.401 e. The molecule has 0 spiro atoms. The van der Waals surface area contributed by atoms with Crippen LogP contribution in [0.1, 0.15) is 32.6 Å². The minimum absolute atomic E-state index is 0.152. The average molecular weight is 494 g/mol. The summed E-state index contributed by atoms with van der Waals surface area (Å²) in [5.74, 6) is 1.29. The fraction of sp³-hybridized carbons (Fsp3) is 0.423. The molecule has 10 heteroatoms. The Morgan fingerprint density at radius 3 is 2.50 bits per heavy atom. The number of aryl methyl sites for hydroxylation is 1. The van der Waals surface area contributed by atoms with Crippen LogP contribution in [0.3, 0.4) is 0 Å². The van der Waals surface area contributed by atoms with Crippen LogP contribution >= 0.6 is 0 Å². The highest BCUT2D eigenvalue weighted by Gasteiger charge is 2.17. The van der Waals surface area contributed by atoms with Crippen LogP contribution in [0, 0.1) is 12.7 Å². The van der Waals surface area contributed by atoms with Crippen molar-refractivity contribution in [3.8, 4) is 11.3 Å². The summed E-state index contributed by atoms with van der Waals surface area (Å²) in [4.78, 5) is 17.8. The fourth-order valence-corrected chi connectivity index (χ4v) is 4.61. The number of benzene rings is 1. The predicted octanol–water partition coefficient (Wildman–Crippen LogP) is 3.21. The smallest absolute Gasteiger partial charge is 0.151 e. The van der Waals surface area contributed by atoms with Crippen LogP contribution in [0.15, 0.2) is 48.2 Å².